The lowest BCUT2D eigenvalue weighted by Gasteiger charge is -2.22. The minimum absolute atomic E-state index is 0.0242. The van der Waals surface area contributed by atoms with Crippen LogP contribution in [0.3, 0.4) is 0 Å². The summed E-state index contributed by atoms with van der Waals surface area (Å²) in [6, 6.07) is 12.3. The third-order valence-electron chi connectivity index (χ3n) is 4.60. The number of hydrogen-bond donors (Lipinski definition) is 0. The van der Waals surface area contributed by atoms with Crippen LogP contribution in [0, 0.1) is 11.3 Å². The van der Waals surface area contributed by atoms with Gasteiger partial charge in [-0.3, -0.25) is 4.90 Å². The number of halogens is 3. The van der Waals surface area contributed by atoms with Crippen LogP contribution in [-0.2, 0) is 16.6 Å². The van der Waals surface area contributed by atoms with Crippen molar-refractivity contribution >= 4 is 44.8 Å². The van der Waals surface area contributed by atoms with Gasteiger partial charge in [0.1, 0.15) is 4.90 Å². The molecule has 0 amide bonds. The van der Waals surface area contributed by atoms with Crippen LogP contribution in [0.4, 0.5) is 0 Å². The van der Waals surface area contributed by atoms with E-state index in [9.17, 15) is 8.42 Å². The summed E-state index contributed by atoms with van der Waals surface area (Å²) >= 11 is 18.2. The average molecular weight is 459 g/mol. The van der Waals surface area contributed by atoms with Gasteiger partial charge in [-0.25, -0.2) is 8.42 Å². The van der Waals surface area contributed by atoms with E-state index in [2.05, 4.69) is 11.0 Å². The molecular formula is C19H18Cl3N3O2S. The molecule has 2 aromatic rings. The Morgan fingerprint density at radius 1 is 0.964 bits per heavy atom. The maximum Gasteiger partial charge on any atom is 0.246 e. The van der Waals surface area contributed by atoms with Crippen LogP contribution in [0.1, 0.15) is 17.5 Å². The molecule has 0 radical (unpaired) electrons. The van der Waals surface area contributed by atoms with Crippen molar-refractivity contribution in [3.63, 3.8) is 0 Å². The number of nitriles is 1. The van der Waals surface area contributed by atoms with Gasteiger partial charge in [-0.2, -0.15) is 9.57 Å². The van der Waals surface area contributed by atoms with Gasteiger partial charge in [0.05, 0.1) is 21.7 Å². The summed E-state index contributed by atoms with van der Waals surface area (Å²) in [5, 5.41) is 9.23. The third-order valence-corrected chi connectivity index (χ3v) is 7.64. The highest BCUT2D eigenvalue weighted by Crippen LogP contribution is 2.34. The topological polar surface area (TPSA) is 64.4 Å². The molecule has 0 spiro atoms. The van der Waals surface area contributed by atoms with Crippen LogP contribution in [0.15, 0.2) is 41.3 Å². The first-order valence-electron chi connectivity index (χ1n) is 8.67. The molecule has 0 bridgehead atoms. The average Bonchev–Trinajstić information content (AvgIpc) is 2.87. The highest BCUT2D eigenvalue weighted by atomic mass is 35.5. The zero-order chi connectivity index (χ0) is 20.3. The molecule has 0 aliphatic carbocycles. The van der Waals surface area contributed by atoms with E-state index in [0.29, 0.717) is 43.2 Å². The van der Waals surface area contributed by atoms with E-state index < -0.39 is 10.0 Å². The molecule has 1 fully saturated rings. The summed E-state index contributed by atoms with van der Waals surface area (Å²) in [5.41, 5.74) is 1.70. The molecule has 1 aliphatic heterocycles. The number of benzene rings is 2. The van der Waals surface area contributed by atoms with Gasteiger partial charge in [0.25, 0.3) is 0 Å². The standard InChI is InChI=1S/C19H18Cl3N3O2S/c20-16-10-17(21)19(18(22)11-16)28(26,27)25-7-1-6-24(8-9-25)13-15-4-2-14(12-23)3-5-15/h2-5,10-11H,1,6-9,13H2. The monoisotopic (exact) mass is 457 g/mol. The zero-order valence-electron chi connectivity index (χ0n) is 14.9. The molecule has 0 saturated carbocycles. The van der Waals surface area contributed by atoms with Gasteiger partial charge in [-0.1, -0.05) is 46.9 Å². The molecule has 28 heavy (non-hydrogen) atoms. The first-order chi connectivity index (χ1) is 13.3. The number of rotatable bonds is 4. The summed E-state index contributed by atoms with van der Waals surface area (Å²) in [5.74, 6) is 0. The highest BCUT2D eigenvalue weighted by molar-refractivity contribution is 7.89. The Morgan fingerprint density at radius 3 is 2.21 bits per heavy atom. The van der Waals surface area contributed by atoms with E-state index in [1.807, 2.05) is 12.1 Å². The second-order valence-electron chi connectivity index (χ2n) is 6.54. The highest BCUT2D eigenvalue weighted by Gasteiger charge is 2.31. The van der Waals surface area contributed by atoms with Crippen LogP contribution < -0.4 is 0 Å². The normalized spacial score (nSPS) is 16.5. The lowest BCUT2D eigenvalue weighted by Crippen LogP contribution is -2.35. The van der Waals surface area contributed by atoms with Crippen LogP contribution >= 0.6 is 34.8 Å². The quantitative estimate of drug-likeness (QED) is 0.680. The fourth-order valence-electron chi connectivity index (χ4n) is 3.19. The van der Waals surface area contributed by atoms with Gasteiger partial charge in [0.2, 0.25) is 10.0 Å². The van der Waals surface area contributed by atoms with Crippen LogP contribution in [0.5, 0.6) is 0 Å². The maximum absolute atomic E-state index is 13.1. The van der Waals surface area contributed by atoms with Gasteiger partial charge in [-0.05, 0) is 42.8 Å². The molecule has 1 heterocycles. The SMILES string of the molecule is N#Cc1ccc(CN2CCCN(S(=O)(=O)c3c(Cl)cc(Cl)cc3Cl)CC2)cc1. The van der Waals surface area contributed by atoms with Crippen molar-refractivity contribution < 1.29 is 8.42 Å². The molecular weight excluding hydrogens is 441 g/mol. The van der Waals surface area contributed by atoms with E-state index in [0.717, 1.165) is 12.1 Å². The van der Waals surface area contributed by atoms with Crippen LogP contribution in [0.2, 0.25) is 15.1 Å². The molecule has 5 nitrogen and oxygen atoms in total. The fraction of sp³-hybridized carbons (Fsp3) is 0.316. The van der Waals surface area contributed by atoms with Gasteiger partial charge in [0, 0.05) is 31.2 Å². The molecule has 0 aromatic heterocycles. The number of hydrogen-bond acceptors (Lipinski definition) is 4. The van der Waals surface area contributed by atoms with E-state index in [-0.39, 0.29) is 14.9 Å². The predicted molar refractivity (Wildman–Crippen MR) is 111 cm³/mol. The van der Waals surface area contributed by atoms with Crippen molar-refractivity contribution in [1.82, 2.24) is 9.21 Å². The Kier molecular flexibility index (Phi) is 6.87. The molecule has 0 N–H and O–H groups in total. The Labute approximate surface area is 180 Å². The summed E-state index contributed by atoms with van der Waals surface area (Å²) < 4.78 is 27.6. The minimum atomic E-state index is -3.82. The molecule has 2 aromatic carbocycles. The zero-order valence-corrected chi connectivity index (χ0v) is 18.0. The Bertz CT molecular complexity index is 981. The van der Waals surface area contributed by atoms with Crippen molar-refractivity contribution in [3.8, 4) is 6.07 Å². The van der Waals surface area contributed by atoms with Gasteiger partial charge < -0.3 is 0 Å². The van der Waals surface area contributed by atoms with Crippen molar-refractivity contribution in [1.29, 1.82) is 5.26 Å². The maximum atomic E-state index is 13.1. The molecule has 1 aliphatic rings. The summed E-state index contributed by atoms with van der Waals surface area (Å²) in [6.45, 7) is 2.79. The van der Waals surface area contributed by atoms with Crippen LogP contribution in [-0.4, -0.2) is 43.8 Å². The first kappa shape index (κ1) is 21.4. The number of nitrogens with zero attached hydrogens (tertiary/aromatic N) is 3. The second kappa shape index (κ2) is 9.00. The van der Waals surface area contributed by atoms with Gasteiger partial charge in [0.15, 0.2) is 0 Å². The summed E-state index contributed by atoms with van der Waals surface area (Å²) in [4.78, 5) is 2.10. The molecule has 1 saturated heterocycles. The Morgan fingerprint density at radius 2 is 1.61 bits per heavy atom. The van der Waals surface area contributed by atoms with Crippen molar-refractivity contribution in [2.45, 2.75) is 17.9 Å². The van der Waals surface area contributed by atoms with Crippen LogP contribution in [0.25, 0.3) is 0 Å². The fourth-order valence-corrected chi connectivity index (χ4v) is 6.16. The van der Waals surface area contributed by atoms with E-state index in [4.69, 9.17) is 40.1 Å². The smallest absolute Gasteiger partial charge is 0.246 e. The van der Waals surface area contributed by atoms with Crippen molar-refractivity contribution in [3.05, 3.63) is 62.6 Å². The molecule has 0 atom stereocenters. The lowest BCUT2D eigenvalue weighted by atomic mass is 10.1. The first-order valence-corrected chi connectivity index (χ1v) is 11.2. The number of sulfonamides is 1. The van der Waals surface area contributed by atoms with E-state index in [1.54, 1.807) is 12.1 Å². The molecule has 9 heteroatoms. The second-order valence-corrected chi connectivity index (χ2v) is 9.67. The van der Waals surface area contributed by atoms with E-state index in [1.165, 1.54) is 16.4 Å². The van der Waals surface area contributed by atoms with Gasteiger partial charge in [-0.15, -0.1) is 0 Å². The molecule has 148 valence electrons. The van der Waals surface area contributed by atoms with Crippen molar-refractivity contribution in [2.24, 2.45) is 0 Å². The Balaban J connectivity index is 1.73. The largest absolute Gasteiger partial charge is 0.298 e. The van der Waals surface area contributed by atoms with E-state index >= 15 is 0 Å². The predicted octanol–water partition coefficient (Wildman–Crippen LogP) is 4.42. The lowest BCUT2D eigenvalue weighted by molar-refractivity contribution is 0.278. The van der Waals surface area contributed by atoms with Crippen molar-refractivity contribution in [2.75, 3.05) is 26.2 Å². The summed E-state index contributed by atoms with van der Waals surface area (Å²) in [6.07, 6.45) is 0.693. The third kappa shape index (κ3) is 4.80. The van der Waals surface area contributed by atoms with Gasteiger partial charge >= 0.3 is 0 Å². The minimum Gasteiger partial charge on any atom is -0.298 e. The molecule has 3 rings (SSSR count). The summed E-state index contributed by atoms with van der Waals surface area (Å²) in [7, 11) is -3.82. The molecule has 0 unspecified atom stereocenters. The Hall–Kier alpha value is -1.33.